The van der Waals surface area contributed by atoms with Crippen LogP contribution < -0.4 is 0 Å². The number of nitrogens with zero attached hydrogens (tertiary/aromatic N) is 1. The third kappa shape index (κ3) is 3.09. The summed E-state index contributed by atoms with van der Waals surface area (Å²) in [7, 11) is 0. The smallest absolute Gasteiger partial charge is 0.410 e. The van der Waals surface area contributed by atoms with Gasteiger partial charge in [-0.2, -0.15) is 0 Å². The lowest BCUT2D eigenvalue weighted by molar-refractivity contribution is 0.0226. The minimum atomic E-state index is -0.447. The maximum Gasteiger partial charge on any atom is 0.410 e. The van der Waals surface area contributed by atoms with E-state index >= 15 is 0 Å². The second-order valence-electron chi connectivity index (χ2n) is 6.30. The van der Waals surface area contributed by atoms with Gasteiger partial charge in [0.25, 0.3) is 0 Å². The molecule has 1 amide bonds. The lowest BCUT2D eigenvalue weighted by Crippen LogP contribution is -2.39. The van der Waals surface area contributed by atoms with Crippen molar-refractivity contribution < 1.29 is 9.53 Å². The second kappa shape index (κ2) is 5.29. The van der Waals surface area contributed by atoms with E-state index in [1.165, 1.54) is 20.5 Å². The van der Waals surface area contributed by atoms with Gasteiger partial charge in [-0.3, -0.25) is 0 Å². The predicted octanol–water partition coefficient (Wildman–Crippen LogP) is 4.96. The molecule has 1 aromatic carbocycles. The molecule has 0 saturated carbocycles. The average Bonchev–Trinajstić information content (AvgIpc) is 2.74. The Bertz CT molecular complexity index is 702. The number of halogens is 1. The number of benzene rings is 1. The summed E-state index contributed by atoms with van der Waals surface area (Å²) in [5.41, 5.74) is 0.824. The van der Waals surface area contributed by atoms with E-state index in [4.69, 9.17) is 4.74 Å². The summed E-state index contributed by atoms with van der Waals surface area (Å²) in [5.74, 6) is 0. The van der Waals surface area contributed by atoms with Gasteiger partial charge in [-0.15, -0.1) is 11.3 Å². The van der Waals surface area contributed by atoms with Crippen molar-refractivity contribution >= 4 is 43.4 Å². The molecule has 2 aromatic rings. The summed E-state index contributed by atoms with van der Waals surface area (Å²) in [4.78, 5) is 15.4. The van der Waals surface area contributed by atoms with Crippen LogP contribution in [0.2, 0.25) is 0 Å². The fourth-order valence-corrected chi connectivity index (χ4v) is 4.08. The summed E-state index contributed by atoms with van der Waals surface area (Å²) in [6, 6.07) is 6.35. The van der Waals surface area contributed by atoms with Crippen molar-refractivity contribution in [3.05, 3.63) is 33.1 Å². The van der Waals surface area contributed by atoms with Crippen LogP contribution in [0.25, 0.3) is 10.1 Å². The Hall–Kier alpha value is -1.07. The van der Waals surface area contributed by atoms with Crippen molar-refractivity contribution in [2.45, 2.75) is 39.3 Å². The molecule has 0 aliphatic carbocycles. The van der Waals surface area contributed by atoms with E-state index in [-0.39, 0.29) is 6.09 Å². The lowest BCUT2D eigenvalue weighted by Gasteiger charge is -2.30. The van der Waals surface area contributed by atoms with Crippen LogP contribution in [0.15, 0.2) is 22.7 Å². The van der Waals surface area contributed by atoms with Crippen molar-refractivity contribution in [1.29, 1.82) is 0 Å². The summed E-state index contributed by atoms with van der Waals surface area (Å²) in [6.45, 7) is 7.07. The Morgan fingerprint density at radius 1 is 1.38 bits per heavy atom. The Morgan fingerprint density at radius 2 is 2.14 bits per heavy atom. The fraction of sp³-hybridized carbons (Fsp3) is 0.438. The molecule has 21 heavy (non-hydrogen) atoms. The molecule has 0 fully saturated rings. The minimum absolute atomic E-state index is 0.220. The van der Waals surface area contributed by atoms with Gasteiger partial charge in [-0.1, -0.05) is 15.9 Å². The van der Waals surface area contributed by atoms with Gasteiger partial charge in [0.2, 0.25) is 0 Å². The Kier molecular flexibility index (Phi) is 3.74. The molecule has 2 heterocycles. The summed E-state index contributed by atoms with van der Waals surface area (Å²) >= 11 is 5.36. The van der Waals surface area contributed by atoms with Crippen LogP contribution in [0.4, 0.5) is 4.79 Å². The highest BCUT2D eigenvalue weighted by molar-refractivity contribution is 9.10. The highest BCUT2D eigenvalue weighted by Crippen LogP contribution is 2.36. The van der Waals surface area contributed by atoms with E-state index < -0.39 is 5.60 Å². The molecular formula is C16H18BrNO2S. The van der Waals surface area contributed by atoms with Gasteiger partial charge in [-0.05, 0) is 56.3 Å². The number of hydrogen-bond acceptors (Lipinski definition) is 3. The zero-order chi connectivity index (χ0) is 15.2. The van der Waals surface area contributed by atoms with E-state index in [1.807, 2.05) is 32.1 Å². The van der Waals surface area contributed by atoms with Crippen LogP contribution in [0, 0.1) is 0 Å². The Balaban J connectivity index is 1.89. The van der Waals surface area contributed by atoms with Crippen molar-refractivity contribution in [2.75, 3.05) is 6.54 Å². The zero-order valence-corrected chi connectivity index (χ0v) is 14.8. The lowest BCUT2D eigenvalue weighted by atomic mass is 10.1. The Morgan fingerprint density at radius 3 is 2.86 bits per heavy atom. The SMILES string of the molecule is CC(C)(C)OC(=O)N1CCc2sc3ccc(Br)cc3c2C1. The first-order valence-corrected chi connectivity index (χ1v) is 8.62. The molecule has 0 N–H and O–H groups in total. The molecule has 0 saturated heterocycles. The van der Waals surface area contributed by atoms with Crippen LogP contribution in [0.3, 0.4) is 0 Å². The summed E-state index contributed by atoms with van der Waals surface area (Å²) in [6.07, 6.45) is 0.688. The molecule has 0 spiro atoms. The van der Waals surface area contributed by atoms with Gasteiger partial charge in [0, 0.05) is 20.6 Å². The molecule has 1 aliphatic heterocycles. The van der Waals surface area contributed by atoms with E-state index in [0.717, 1.165) is 17.4 Å². The van der Waals surface area contributed by atoms with Crippen LogP contribution in [-0.2, 0) is 17.7 Å². The van der Waals surface area contributed by atoms with Gasteiger partial charge in [0.05, 0.1) is 6.54 Å². The number of hydrogen-bond donors (Lipinski definition) is 0. The zero-order valence-electron chi connectivity index (χ0n) is 12.4. The van der Waals surface area contributed by atoms with E-state index in [9.17, 15) is 4.79 Å². The maximum absolute atomic E-state index is 12.2. The molecular weight excluding hydrogens is 350 g/mol. The molecule has 0 radical (unpaired) electrons. The maximum atomic E-state index is 12.2. The summed E-state index contributed by atoms with van der Waals surface area (Å²) in [5, 5.41) is 1.25. The monoisotopic (exact) mass is 367 g/mol. The van der Waals surface area contributed by atoms with Crippen molar-refractivity contribution in [3.63, 3.8) is 0 Å². The number of ether oxygens (including phenoxy) is 1. The normalized spacial score (nSPS) is 15.1. The van der Waals surface area contributed by atoms with Crippen LogP contribution in [0.1, 0.15) is 31.2 Å². The number of carbonyl (C=O) groups excluding carboxylic acids is 1. The summed E-state index contributed by atoms with van der Waals surface area (Å²) < 4.78 is 7.85. The molecule has 5 heteroatoms. The van der Waals surface area contributed by atoms with Gasteiger partial charge in [0.1, 0.15) is 5.60 Å². The molecule has 0 bridgehead atoms. The van der Waals surface area contributed by atoms with Gasteiger partial charge >= 0.3 is 6.09 Å². The Labute approximate surface area is 137 Å². The van der Waals surface area contributed by atoms with Crippen molar-refractivity contribution in [1.82, 2.24) is 4.90 Å². The molecule has 1 aliphatic rings. The van der Waals surface area contributed by atoms with E-state index in [2.05, 4.69) is 34.1 Å². The largest absolute Gasteiger partial charge is 0.444 e. The van der Waals surface area contributed by atoms with Crippen molar-refractivity contribution in [3.8, 4) is 0 Å². The molecule has 0 atom stereocenters. The first kappa shape index (κ1) is 14.9. The molecule has 1 aromatic heterocycles. The first-order chi connectivity index (χ1) is 9.83. The highest BCUT2D eigenvalue weighted by Gasteiger charge is 2.27. The van der Waals surface area contributed by atoms with Crippen LogP contribution in [-0.4, -0.2) is 23.1 Å². The number of rotatable bonds is 0. The fourth-order valence-electron chi connectivity index (χ4n) is 2.54. The van der Waals surface area contributed by atoms with Crippen LogP contribution >= 0.6 is 27.3 Å². The number of amides is 1. The average molecular weight is 368 g/mol. The quantitative estimate of drug-likeness (QED) is 0.658. The predicted molar refractivity (Wildman–Crippen MR) is 89.9 cm³/mol. The molecule has 3 rings (SSSR count). The number of thiophene rings is 1. The second-order valence-corrected chi connectivity index (χ2v) is 8.35. The van der Waals surface area contributed by atoms with Gasteiger partial charge < -0.3 is 9.64 Å². The van der Waals surface area contributed by atoms with Gasteiger partial charge in [0.15, 0.2) is 0 Å². The first-order valence-electron chi connectivity index (χ1n) is 7.01. The van der Waals surface area contributed by atoms with Crippen molar-refractivity contribution in [2.24, 2.45) is 0 Å². The van der Waals surface area contributed by atoms with E-state index in [0.29, 0.717) is 6.54 Å². The topological polar surface area (TPSA) is 29.5 Å². The van der Waals surface area contributed by atoms with E-state index in [1.54, 1.807) is 4.90 Å². The van der Waals surface area contributed by atoms with Crippen LogP contribution in [0.5, 0.6) is 0 Å². The number of fused-ring (bicyclic) bond motifs is 3. The molecule has 0 unspecified atom stereocenters. The molecule has 112 valence electrons. The van der Waals surface area contributed by atoms with Gasteiger partial charge in [-0.25, -0.2) is 4.79 Å². The standard InChI is InChI=1S/C16H18BrNO2S/c1-16(2,3)20-15(19)18-7-6-14-12(9-18)11-8-10(17)4-5-13(11)21-14/h4-5,8H,6-7,9H2,1-3H3. The third-order valence-electron chi connectivity index (χ3n) is 3.45. The minimum Gasteiger partial charge on any atom is -0.444 e. The molecule has 3 nitrogen and oxygen atoms in total. The third-order valence-corrected chi connectivity index (χ3v) is 5.21. The number of carbonyl (C=O) groups is 1. The highest BCUT2D eigenvalue weighted by atomic mass is 79.9.